The molecule has 1 aliphatic heterocycles. The number of hydrogen-bond donors (Lipinski definition) is 0. The monoisotopic (exact) mass is 274 g/mol. The van der Waals surface area contributed by atoms with E-state index < -0.39 is 0 Å². The number of nitrogens with zero attached hydrogens (tertiary/aromatic N) is 6. The standard InChI is InChI=1S/C14H22N6/c1-4-11-15-13(19-8-6-18(3)7-9-19)10-14-17-16-12(5-2)20(11)14/h10H,4-9H2,1-3H3. The minimum absolute atomic E-state index is 0.879. The first-order valence-corrected chi connectivity index (χ1v) is 7.40. The fourth-order valence-corrected chi connectivity index (χ4v) is 2.70. The Morgan fingerprint density at radius 3 is 2.35 bits per heavy atom. The van der Waals surface area contributed by atoms with E-state index in [1.54, 1.807) is 0 Å². The summed E-state index contributed by atoms with van der Waals surface area (Å²) < 4.78 is 2.10. The second-order valence-corrected chi connectivity index (χ2v) is 5.34. The van der Waals surface area contributed by atoms with E-state index in [-0.39, 0.29) is 0 Å². The van der Waals surface area contributed by atoms with Crippen molar-refractivity contribution in [3.05, 3.63) is 17.7 Å². The molecule has 3 heterocycles. The maximum absolute atomic E-state index is 4.84. The Bertz CT molecular complexity index is 597. The topological polar surface area (TPSA) is 49.6 Å². The van der Waals surface area contributed by atoms with Gasteiger partial charge in [0.2, 0.25) is 0 Å². The van der Waals surface area contributed by atoms with Crippen molar-refractivity contribution in [2.45, 2.75) is 26.7 Å². The Morgan fingerprint density at radius 2 is 1.70 bits per heavy atom. The number of piperazine rings is 1. The molecule has 0 N–H and O–H groups in total. The molecule has 0 spiro atoms. The highest BCUT2D eigenvalue weighted by molar-refractivity contribution is 5.52. The lowest BCUT2D eigenvalue weighted by Crippen LogP contribution is -2.45. The van der Waals surface area contributed by atoms with Gasteiger partial charge in [0.15, 0.2) is 5.65 Å². The molecule has 20 heavy (non-hydrogen) atoms. The predicted molar refractivity (Wildman–Crippen MR) is 79.2 cm³/mol. The van der Waals surface area contributed by atoms with Crippen molar-refractivity contribution in [1.82, 2.24) is 24.5 Å². The van der Waals surface area contributed by atoms with Gasteiger partial charge in [-0.25, -0.2) is 4.98 Å². The molecule has 0 atom stereocenters. The predicted octanol–water partition coefficient (Wildman–Crippen LogP) is 1.00. The minimum Gasteiger partial charge on any atom is -0.354 e. The first kappa shape index (κ1) is 13.3. The van der Waals surface area contributed by atoms with Crippen LogP contribution in [0.5, 0.6) is 0 Å². The van der Waals surface area contributed by atoms with Crippen molar-refractivity contribution >= 4 is 11.5 Å². The van der Waals surface area contributed by atoms with E-state index in [0.29, 0.717) is 0 Å². The fourth-order valence-electron chi connectivity index (χ4n) is 2.70. The SMILES string of the molecule is CCc1nnc2cc(N3CCN(C)CC3)nc(CC)n12. The Labute approximate surface area is 119 Å². The summed E-state index contributed by atoms with van der Waals surface area (Å²) in [6.07, 6.45) is 1.77. The van der Waals surface area contributed by atoms with Crippen LogP contribution in [0.25, 0.3) is 5.65 Å². The van der Waals surface area contributed by atoms with Gasteiger partial charge < -0.3 is 9.80 Å². The molecule has 0 radical (unpaired) electrons. The highest BCUT2D eigenvalue weighted by Gasteiger charge is 2.18. The summed E-state index contributed by atoms with van der Waals surface area (Å²) in [7, 11) is 2.16. The first-order chi connectivity index (χ1) is 9.72. The number of rotatable bonds is 3. The molecule has 0 saturated carbocycles. The third-order valence-electron chi connectivity index (χ3n) is 3.97. The van der Waals surface area contributed by atoms with Crippen molar-refractivity contribution in [3.8, 4) is 0 Å². The zero-order valence-electron chi connectivity index (χ0n) is 12.5. The van der Waals surface area contributed by atoms with E-state index in [9.17, 15) is 0 Å². The number of aromatic nitrogens is 4. The second kappa shape index (κ2) is 5.36. The fraction of sp³-hybridized carbons (Fsp3) is 0.643. The van der Waals surface area contributed by atoms with Gasteiger partial charge in [-0.15, -0.1) is 10.2 Å². The number of likely N-dealkylation sites (N-methyl/N-ethyl adjacent to an activating group) is 1. The smallest absolute Gasteiger partial charge is 0.165 e. The van der Waals surface area contributed by atoms with E-state index in [4.69, 9.17) is 4.98 Å². The summed E-state index contributed by atoms with van der Waals surface area (Å²) in [5.41, 5.74) is 0.919. The number of fused-ring (bicyclic) bond motifs is 1. The van der Waals surface area contributed by atoms with Crippen LogP contribution in [0.2, 0.25) is 0 Å². The lowest BCUT2D eigenvalue weighted by Gasteiger charge is -2.33. The van der Waals surface area contributed by atoms with Crippen LogP contribution in [0.3, 0.4) is 0 Å². The lowest BCUT2D eigenvalue weighted by molar-refractivity contribution is 0.312. The molecule has 2 aromatic heterocycles. The first-order valence-electron chi connectivity index (χ1n) is 7.40. The van der Waals surface area contributed by atoms with Crippen LogP contribution in [0.15, 0.2) is 6.07 Å². The summed E-state index contributed by atoms with van der Waals surface area (Å²) in [6, 6.07) is 2.07. The van der Waals surface area contributed by atoms with Crippen LogP contribution in [0, 0.1) is 0 Å². The Kier molecular flexibility index (Phi) is 3.56. The maximum Gasteiger partial charge on any atom is 0.165 e. The number of aryl methyl sites for hydroxylation is 2. The molecule has 0 aliphatic carbocycles. The molecule has 0 unspecified atom stereocenters. The van der Waals surface area contributed by atoms with Crippen molar-refractivity contribution in [1.29, 1.82) is 0 Å². The Balaban J connectivity index is 2.00. The van der Waals surface area contributed by atoms with Crippen LogP contribution >= 0.6 is 0 Å². The van der Waals surface area contributed by atoms with Gasteiger partial charge in [0.1, 0.15) is 17.5 Å². The average molecular weight is 274 g/mol. The van der Waals surface area contributed by atoms with E-state index in [0.717, 1.165) is 62.1 Å². The van der Waals surface area contributed by atoms with Crippen molar-refractivity contribution in [2.24, 2.45) is 0 Å². The van der Waals surface area contributed by atoms with Crippen molar-refractivity contribution in [2.75, 3.05) is 38.1 Å². The molecule has 108 valence electrons. The Hall–Kier alpha value is -1.69. The van der Waals surface area contributed by atoms with Gasteiger partial charge in [0.25, 0.3) is 0 Å². The van der Waals surface area contributed by atoms with Gasteiger partial charge >= 0.3 is 0 Å². The maximum atomic E-state index is 4.84. The third-order valence-corrected chi connectivity index (χ3v) is 3.97. The minimum atomic E-state index is 0.879. The van der Waals surface area contributed by atoms with Gasteiger partial charge in [-0.1, -0.05) is 13.8 Å². The van der Waals surface area contributed by atoms with E-state index in [1.165, 1.54) is 0 Å². The van der Waals surface area contributed by atoms with Crippen LogP contribution in [0.1, 0.15) is 25.5 Å². The molecule has 1 fully saturated rings. The molecule has 1 saturated heterocycles. The van der Waals surface area contributed by atoms with E-state index >= 15 is 0 Å². The second-order valence-electron chi connectivity index (χ2n) is 5.34. The normalized spacial score (nSPS) is 17.1. The summed E-state index contributed by atoms with van der Waals surface area (Å²) in [6.45, 7) is 8.46. The molecule has 3 rings (SSSR count). The summed E-state index contributed by atoms with van der Waals surface area (Å²) in [5.74, 6) is 3.09. The van der Waals surface area contributed by atoms with Gasteiger partial charge in [-0.3, -0.25) is 4.40 Å². The quantitative estimate of drug-likeness (QED) is 0.836. The van der Waals surface area contributed by atoms with Crippen LogP contribution < -0.4 is 4.90 Å². The van der Waals surface area contributed by atoms with Crippen LogP contribution in [-0.2, 0) is 12.8 Å². The molecular formula is C14H22N6. The van der Waals surface area contributed by atoms with Crippen LogP contribution in [-0.4, -0.2) is 57.7 Å². The Morgan fingerprint density at radius 1 is 1.00 bits per heavy atom. The molecule has 0 amide bonds. The average Bonchev–Trinajstić information content (AvgIpc) is 2.90. The highest BCUT2D eigenvalue weighted by atomic mass is 15.3. The molecule has 6 heteroatoms. The lowest BCUT2D eigenvalue weighted by atomic mass is 10.3. The molecule has 6 nitrogen and oxygen atoms in total. The van der Waals surface area contributed by atoms with Gasteiger partial charge in [0.05, 0.1) is 0 Å². The van der Waals surface area contributed by atoms with Crippen molar-refractivity contribution < 1.29 is 0 Å². The molecule has 0 aromatic carbocycles. The molecule has 0 bridgehead atoms. The zero-order valence-corrected chi connectivity index (χ0v) is 12.5. The molecular weight excluding hydrogens is 252 g/mol. The van der Waals surface area contributed by atoms with Gasteiger partial charge in [-0.2, -0.15) is 0 Å². The van der Waals surface area contributed by atoms with E-state index in [1.807, 2.05) is 0 Å². The summed E-state index contributed by atoms with van der Waals surface area (Å²) >= 11 is 0. The number of hydrogen-bond acceptors (Lipinski definition) is 5. The van der Waals surface area contributed by atoms with Gasteiger partial charge in [-0.05, 0) is 7.05 Å². The third kappa shape index (κ3) is 2.24. The highest BCUT2D eigenvalue weighted by Crippen LogP contribution is 2.18. The van der Waals surface area contributed by atoms with Gasteiger partial charge in [0, 0.05) is 45.1 Å². The molecule has 2 aromatic rings. The van der Waals surface area contributed by atoms with Crippen LogP contribution in [0.4, 0.5) is 5.82 Å². The summed E-state index contributed by atoms with van der Waals surface area (Å²) in [4.78, 5) is 9.54. The largest absolute Gasteiger partial charge is 0.354 e. The van der Waals surface area contributed by atoms with Crippen molar-refractivity contribution in [3.63, 3.8) is 0 Å². The number of anilines is 1. The summed E-state index contributed by atoms with van der Waals surface area (Å²) in [5, 5.41) is 8.57. The zero-order chi connectivity index (χ0) is 14.1. The molecule has 1 aliphatic rings. The van der Waals surface area contributed by atoms with E-state index in [2.05, 4.69) is 51.4 Å².